The van der Waals surface area contributed by atoms with E-state index in [4.69, 9.17) is 5.73 Å². The van der Waals surface area contributed by atoms with Crippen molar-refractivity contribution in [2.75, 3.05) is 5.73 Å². The van der Waals surface area contributed by atoms with E-state index in [9.17, 15) is 13.2 Å². The van der Waals surface area contributed by atoms with Crippen LogP contribution in [0.4, 0.5) is 19.1 Å². The molecule has 2 N–H and O–H groups in total. The first kappa shape index (κ1) is 14.6. The molecular weight excluding hydrogens is 291 g/mol. The quantitative estimate of drug-likeness (QED) is 0.867. The highest BCUT2D eigenvalue weighted by Gasteiger charge is 2.38. The first-order valence-corrected chi connectivity index (χ1v) is 6.95. The maximum atomic E-state index is 13.1. The van der Waals surface area contributed by atoms with Crippen LogP contribution in [-0.4, -0.2) is 9.97 Å². The third kappa shape index (κ3) is 2.81. The van der Waals surface area contributed by atoms with E-state index in [2.05, 4.69) is 9.97 Å². The molecule has 1 aromatic carbocycles. The van der Waals surface area contributed by atoms with Crippen LogP contribution in [0.1, 0.15) is 35.4 Å². The number of allylic oxidation sites excluding steroid dienone is 1. The Hall–Kier alpha value is -2.37. The van der Waals surface area contributed by atoms with Gasteiger partial charge < -0.3 is 5.73 Å². The van der Waals surface area contributed by atoms with Gasteiger partial charge in [-0.3, -0.25) is 0 Å². The van der Waals surface area contributed by atoms with Crippen molar-refractivity contribution in [3.8, 4) is 0 Å². The zero-order valence-electron chi connectivity index (χ0n) is 11.7. The van der Waals surface area contributed by atoms with Gasteiger partial charge in [0.2, 0.25) is 5.95 Å². The van der Waals surface area contributed by atoms with Crippen molar-refractivity contribution >= 4 is 17.6 Å². The Bertz CT molecular complexity index is 721. The highest BCUT2D eigenvalue weighted by molar-refractivity contribution is 5.82. The molecule has 0 aliphatic heterocycles. The van der Waals surface area contributed by atoms with Crippen LogP contribution in [0.5, 0.6) is 0 Å². The number of hydrogen-bond acceptors (Lipinski definition) is 3. The Morgan fingerprint density at radius 2 is 1.77 bits per heavy atom. The lowest BCUT2D eigenvalue weighted by Crippen LogP contribution is -2.19. The van der Waals surface area contributed by atoms with E-state index in [1.807, 2.05) is 36.4 Å². The van der Waals surface area contributed by atoms with E-state index < -0.39 is 11.9 Å². The zero-order chi connectivity index (χ0) is 15.7. The number of aromatic nitrogens is 2. The molecule has 114 valence electrons. The summed E-state index contributed by atoms with van der Waals surface area (Å²) in [5, 5.41) is 0. The average Bonchev–Trinajstić information content (AvgIpc) is 2.47. The normalized spacial score (nSPS) is 16.6. The SMILES string of the molecule is Nc1nc2c(c(C(F)(F)F)n1)CCC/C2=C\c1ccccc1. The lowest BCUT2D eigenvalue weighted by atomic mass is 9.89. The number of fused-ring (bicyclic) bond motifs is 1. The molecule has 0 atom stereocenters. The molecule has 6 heteroatoms. The number of rotatable bonds is 1. The predicted molar refractivity (Wildman–Crippen MR) is 78.7 cm³/mol. The van der Waals surface area contributed by atoms with E-state index in [0.717, 1.165) is 11.1 Å². The van der Waals surface area contributed by atoms with Crippen LogP contribution < -0.4 is 5.73 Å². The summed E-state index contributed by atoms with van der Waals surface area (Å²) in [6.07, 6.45) is -1.02. The monoisotopic (exact) mass is 305 g/mol. The second kappa shape index (κ2) is 5.44. The number of alkyl halides is 3. The number of anilines is 1. The second-order valence-corrected chi connectivity index (χ2v) is 5.19. The van der Waals surface area contributed by atoms with Gasteiger partial charge >= 0.3 is 6.18 Å². The molecule has 1 aromatic heterocycles. The minimum Gasteiger partial charge on any atom is -0.368 e. The fourth-order valence-electron chi connectivity index (χ4n) is 2.70. The molecule has 3 rings (SSSR count). The summed E-state index contributed by atoms with van der Waals surface area (Å²) in [6, 6.07) is 9.45. The molecule has 0 saturated heterocycles. The molecule has 3 nitrogen and oxygen atoms in total. The molecule has 1 heterocycles. The minimum absolute atomic E-state index is 0.148. The smallest absolute Gasteiger partial charge is 0.368 e. The predicted octanol–water partition coefficient (Wildman–Crippen LogP) is 3.95. The number of hydrogen-bond donors (Lipinski definition) is 1. The Labute approximate surface area is 125 Å². The van der Waals surface area contributed by atoms with Gasteiger partial charge in [-0.05, 0) is 36.5 Å². The Balaban J connectivity index is 2.15. The third-order valence-electron chi connectivity index (χ3n) is 3.61. The molecular formula is C16H14F3N3. The summed E-state index contributed by atoms with van der Waals surface area (Å²) in [6.45, 7) is 0. The van der Waals surface area contributed by atoms with Gasteiger partial charge in [0.05, 0.1) is 5.69 Å². The van der Waals surface area contributed by atoms with E-state index in [-0.39, 0.29) is 11.5 Å². The summed E-state index contributed by atoms with van der Waals surface area (Å²) in [4.78, 5) is 7.48. The van der Waals surface area contributed by atoms with Crippen LogP contribution in [0.3, 0.4) is 0 Å². The van der Waals surface area contributed by atoms with Gasteiger partial charge in [0, 0.05) is 5.56 Å². The molecule has 0 unspecified atom stereocenters. The van der Waals surface area contributed by atoms with E-state index in [1.165, 1.54) is 0 Å². The van der Waals surface area contributed by atoms with Gasteiger partial charge in [0.25, 0.3) is 0 Å². The number of nitrogen functional groups attached to an aromatic ring is 1. The maximum Gasteiger partial charge on any atom is 0.433 e. The van der Waals surface area contributed by atoms with E-state index >= 15 is 0 Å². The van der Waals surface area contributed by atoms with Gasteiger partial charge in [0.1, 0.15) is 0 Å². The van der Waals surface area contributed by atoms with Crippen molar-refractivity contribution in [3.05, 3.63) is 52.8 Å². The summed E-state index contributed by atoms with van der Waals surface area (Å²) in [5.41, 5.74) is 6.75. The zero-order valence-corrected chi connectivity index (χ0v) is 11.7. The molecule has 1 aliphatic rings. The third-order valence-corrected chi connectivity index (χ3v) is 3.61. The summed E-state index contributed by atoms with van der Waals surface area (Å²) in [5.74, 6) is -0.341. The summed E-state index contributed by atoms with van der Waals surface area (Å²) in [7, 11) is 0. The fraction of sp³-hybridized carbons (Fsp3) is 0.250. The molecule has 0 spiro atoms. The number of nitrogens with zero attached hydrogens (tertiary/aromatic N) is 2. The van der Waals surface area contributed by atoms with Crippen molar-refractivity contribution in [2.24, 2.45) is 0 Å². The average molecular weight is 305 g/mol. The van der Waals surface area contributed by atoms with Crippen LogP contribution in [0.25, 0.3) is 11.6 Å². The number of nitrogens with two attached hydrogens (primary N) is 1. The van der Waals surface area contributed by atoms with Gasteiger partial charge in [0.15, 0.2) is 5.69 Å². The maximum absolute atomic E-state index is 13.1. The second-order valence-electron chi connectivity index (χ2n) is 5.19. The van der Waals surface area contributed by atoms with Crippen LogP contribution >= 0.6 is 0 Å². The Morgan fingerprint density at radius 1 is 1.05 bits per heavy atom. The van der Waals surface area contributed by atoms with Crippen LogP contribution in [0, 0.1) is 0 Å². The van der Waals surface area contributed by atoms with E-state index in [0.29, 0.717) is 25.0 Å². The Kier molecular flexibility index (Phi) is 3.60. The minimum atomic E-state index is -4.52. The molecule has 0 saturated carbocycles. The highest BCUT2D eigenvalue weighted by atomic mass is 19.4. The first-order valence-electron chi connectivity index (χ1n) is 6.95. The van der Waals surface area contributed by atoms with Crippen LogP contribution in [-0.2, 0) is 12.6 Å². The standard InChI is InChI=1S/C16H14F3N3/c17-16(18,19)14-12-8-4-7-11(13(12)21-15(20)22-14)9-10-5-2-1-3-6-10/h1-3,5-6,9H,4,7-8H2,(H2,20,21,22)/b11-9+. The molecule has 0 bridgehead atoms. The van der Waals surface area contributed by atoms with Crippen molar-refractivity contribution in [1.82, 2.24) is 9.97 Å². The van der Waals surface area contributed by atoms with E-state index in [1.54, 1.807) is 0 Å². The molecule has 0 radical (unpaired) electrons. The topological polar surface area (TPSA) is 51.8 Å². The van der Waals surface area contributed by atoms with Crippen molar-refractivity contribution < 1.29 is 13.2 Å². The summed E-state index contributed by atoms with van der Waals surface area (Å²) >= 11 is 0. The van der Waals surface area contributed by atoms with Gasteiger partial charge in [-0.2, -0.15) is 13.2 Å². The molecule has 22 heavy (non-hydrogen) atoms. The van der Waals surface area contributed by atoms with Gasteiger partial charge in [-0.1, -0.05) is 30.3 Å². The largest absolute Gasteiger partial charge is 0.433 e. The molecule has 0 amide bonds. The lowest BCUT2D eigenvalue weighted by molar-refractivity contribution is -0.141. The molecule has 2 aromatic rings. The van der Waals surface area contributed by atoms with Crippen LogP contribution in [0.15, 0.2) is 30.3 Å². The lowest BCUT2D eigenvalue weighted by Gasteiger charge is -2.22. The van der Waals surface area contributed by atoms with Gasteiger partial charge in [-0.25, -0.2) is 9.97 Å². The van der Waals surface area contributed by atoms with Crippen LogP contribution in [0.2, 0.25) is 0 Å². The van der Waals surface area contributed by atoms with Crippen molar-refractivity contribution in [2.45, 2.75) is 25.4 Å². The summed E-state index contributed by atoms with van der Waals surface area (Å²) < 4.78 is 39.4. The van der Waals surface area contributed by atoms with Crippen molar-refractivity contribution in [1.29, 1.82) is 0 Å². The van der Waals surface area contributed by atoms with Crippen molar-refractivity contribution in [3.63, 3.8) is 0 Å². The molecule has 1 aliphatic carbocycles. The fourth-order valence-corrected chi connectivity index (χ4v) is 2.70. The molecule has 0 fully saturated rings. The Morgan fingerprint density at radius 3 is 2.45 bits per heavy atom. The van der Waals surface area contributed by atoms with Gasteiger partial charge in [-0.15, -0.1) is 0 Å². The number of halogens is 3. The first-order chi connectivity index (χ1) is 10.4. The number of benzene rings is 1. The highest BCUT2D eigenvalue weighted by Crippen LogP contribution is 2.38.